The third-order valence-electron chi connectivity index (χ3n) is 3.00. The molecular weight excluding hydrogens is 268 g/mol. The molecule has 0 spiro atoms. The van der Waals surface area contributed by atoms with Crippen molar-refractivity contribution < 1.29 is 18.4 Å². The molecule has 4 N–H and O–H groups in total. The summed E-state index contributed by atoms with van der Waals surface area (Å²) in [5, 5.41) is 5.12. The lowest BCUT2D eigenvalue weighted by Gasteiger charge is -2.14. The number of nitrogen functional groups attached to an aromatic ring is 1. The molecular formula is C13H15F2N3O2. The highest BCUT2D eigenvalue weighted by Crippen LogP contribution is 2.19. The molecule has 0 radical (unpaired) electrons. The zero-order chi connectivity index (χ0) is 14.9. The Balaban J connectivity index is 2.03. The highest BCUT2D eigenvalue weighted by atomic mass is 19.2. The molecule has 1 aromatic rings. The predicted molar refractivity (Wildman–Crippen MR) is 68.9 cm³/mol. The average molecular weight is 283 g/mol. The molecule has 5 nitrogen and oxygen atoms in total. The van der Waals surface area contributed by atoms with E-state index in [-0.39, 0.29) is 23.2 Å². The first-order valence-corrected chi connectivity index (χ1v) is 6.24. The van der Waals surface area contributed by atoms with E-state index in [0.717, 1.165) is 18.9 Å². The minimum absolute atomic E-state index is 0.176. The molecule has 0 bridgehead atoms. The molecule has 0 aliphatic heterocycles. The summed E-state index contributed by atoms with van der Waals surface area (Å²) >= 11 is 0. The number of carbonyl (C=O) groups excluding carboxylic acids is 2. The van der Waals surface area contributed by atoms with Crippen LogP contribution in [0.4, 0.5) is 14.5 Å². The third kappa shape index (κ3) is 3.23. The highest BCUT2D eigenvalue weighted by Gasteiger charge is 2.26. The van der Waals surface area contributed by atoms with Crippen LogP contribution in [-0.4, -0.2) is 23.9 Å². The van der Waals surface area contributed by atoms with Crippen LogP contribution >= 0.6 is 0 Å². The number of rotatable bonds is 4. The number of nitrogens with one attached hydrogen (secondary N) is 2. The topological polar surface area (TPSA) is 84.2 Å². The highest BCUT2D eigenvalue weighted by molar-refractivity contribution is 6.01. The van der Waals surface area contributed by atoms with E-state index in [1.807, 2.05) is 0 Å². The zero-order valence-corrected chi connectivity index (χ0v) is 10.9. The first-order valence-electron chi connectivity index (χ1n) is 6.24. The fourth-order valence-corrected chi connectivity index (χ4v) is 1.65. The van der Waals surface area contributed by atoms with E-state index >= 15 is 0 Å². The van der Waals surface area contributed by atoms with Gasteiger partial charge >= 0.3 is 0 Å². The molecule has 1 aliphatic rings. The van der Waals surface area contributed by atoms with Crippen molar-refractivity contribution >= 4 is 17.5 Å². The van der Waals surface area contributed by atoms with Crippen molar-refractivity contribution in [3.05, 3.63) is 29.3 Å². The molecule has 2 rings (SSSR count). The summed E-state index contributed by atoms with van der Waals surface area (Å²) in [4.78, 5) is 23.6. The van der Waals surface area contributed by atoms with Gasteiger partial charge in [-0.25, -0.2) is 8.78 Å². The molecule has 7 heteroatoms. The van der Waals surface area contributed by atoms with Gasteiger partial charge in [0.2, 0.25) is 5.91 Å². The number of amides is 2. The third-order valence-corrected chi connectivity index (χ3v) is 3.00. The largest absolute Gasteiger partial charge is 0.398 e. The Morgan fingerprint density at radius 3 is 2.50 bits per heavy atom. The molecule has 1 saturated carbocycles. The number of benzene rings is 1. The van der Waals surface area contributed by atoms with E-state index in [1.54, 1.807) is 0 Å². The predicted octanol–water partition coefficient (Wildman–Crippen LogP) is 0.944. The van der Waals surface area contributed by atoms with Gasteiger partial charge in [0.1, 0.15) is 6.04 Å². The van der Waals surface area contributed by atoms with Crippen molar-refractivity contribution in [2.45, 2.75) is 31.8 Å². The standard InChI is InChI=1S/C13H15F2N3O2/c1-6(12(19)18-7-2-3-7)17-13(20)8-4-9(14)10(15)5-11(8)16/h4-7H,2-3,16H2,1H3,(H,17,20)(H,18,19). The number of anilines is 1. The quantitative estimate of drug-likeness (QED) is 0.719. The van der Waals surface area contributed by atoms with Crippen LogP contribution in [0.5, 0.6) is 0 Å². The van der Waals surface area contributed by atoms with E-state index in [2.05, 4.69) is 10.6 Å². The van der Waals surface area contributed by atoms with E-state index in [4.69, 9.17) is 5.73 Å². The van der Waals surface area contributed by atoms with Crippen molar-refractivity contribution in [3.63, 3.8) is 0 Å². The maximum atomic E-state index is 13.1. The Labute approximate surface area is 114 Å². The van der Waals surface area contributed by atoms with Gasteiger partial charge in [0.25, 0.3) is 5.91 Å². The Morgan fingerprint density at radius 2 is 1.90 bits per heavy atom. The Hall–Kier alpha value is -2.18. The summed E-state index contributed by atoms with van der Waals surface area (Å²) in [6, 6.07) is 0.843. The molecule has 1 unspecified atom stereocenters. The van der Waals surface area contributed by atoms with Crippen molar-refractivity contribution in [3.8, 4) is 0 Å². The van der Waals surface area contributed by atoms with Crippen LogP contribution in [-0.2, 0) is 4.79 Å². The lowest BCUT2D eigenvalue weighted by atomic mass is 10.1. The summed E-state index contributed by atoms with van der Waals surface area (Å²) in [5.74, 6) is -3.33. The van der Waals surface area contributed by atoms with Gasteiger partial charge in [-0.3, -0.25) is 9.59 Å². The molecule has 2 amide bonds. The molecule has 1 atom stereocenters. The van der Waals surface area contributed by atoms with Crippen molar-refractivity contribution in [1.29, 1.82) is 0 Å². The molecule has 0 heterocycles. The Morgan fingerprint density at radius 1 is 1.30 bits per heavy atom. The van der Waals surface area contributed by atoms with Crippen LogP contribution in [0.3, 0.4) is 0 Å². The van der Waals surface area contributed by atoms with Gasteiger partial charge in [0.05, 0.1) is 5.56 Å². The lowest BCUT2D eigenvalue weighted by molar-refractivity contribution is -0.122. The second kappa shape index (κ2) is 5.44. The van der Waals surface area contributed by atoms with Gasteiger partial charge in [-0.15, -0.1) is 0 Å². The maximum Gasteiger partial charge on any atom is 0.254 e. The van der Waals surface area contributed by atoms with E-state index in [9.17, 15) is 18.4 Å². The van der Waals surface area contributed by atoms with Crippen LogP contribution in [0.25, 0.3) is 0 Å². The van der Waals surface area contributed by atoms with Gasteiger partial charge in [-0.2, -0.15) is 0 Å². The molecule has 0 aromatic heterocycles. The van der Waals surface area contributed by atoms with E-state index in [1.165, 1.54) is 6.92 Å². The molecule has 1 aliphatic carbocycles. The lowest BCUT2D eigenvalue weighted by Crippen LogP contribution is -2.45. The number of nitrogens with two attached hydrogens (primary N) is 1. The van der Waals surface area contributed by atoms with Gasteiger partial charge in [-0.05, 0) is 25.8 Å². The SMILES string of the molecule is CC(NC(=O)c1cc(F)c(F)cc1N)C(=O)NC1CC1. The first-order chi connectivity index (χ1) is 9.38. The smallest absolute Gasteiger partial charge is 0.254 e. The summed E-state index contributed by atoms with van der Waals surface area (Å²) < 4.78 is 26.0. The van der Waals surface area contributed by atoms with Crippen LogP contribution in [0.2, 0.25) is 0 Å². The number of hydrogen-bond donors (Lipinski definition) is 3. The van der Waals surface area contributed by atoms with Gasteiger partial charge < -0.3 is 16.4 Å². The average Bonchev–Trinajstić information content (AvgIpc) is 3.17. The van der Waals surface area contributed by atoms with Crippen LogP contribution in [0, 0.1) is 11.6 Å². The Kier molecular flexibility index (Phi) is 3.87. The van der Waals surface area contributed by atoms with E-state index in [0.29, 0.717) is 6.07 Å². The molecule has 0 saturated heterocycles. The fraction of sp³-hybridized carbons (Fsp3) is 0.385. The second-order valence-corrected chi connectivity index (χ2v) is 4.83. The molecule has 108 valence electrons. The first kappa shape index (κ1) is 14.2. The van der Waals surface area contributed by atoms with Gasteiger partial charge in [0, 0.05) is 17.8 Å². The van der Waals surface area contributed by atoms with Crippen molar-refractivity contribution in [1.82, 2.24) is 10.6 Å². The minimum atomic E-state index is -1.17. The minimum Gasteiger partial charge on any atom is -0.398 e. The number of hydrogen-bond acceptors (Lipinski definition) is 3. The maximum absolute atomic E-state index is 13.1. The van der Waals surface area contributed by atoms with Gasteiger partial charge in [0.15, 0.2) is 11.6 Å². The van der Waals surface area contributed by atoms with Crippen LogP contribution in [0.15, 0.2) is 12.1 Å². The number of halogens is 2. The summed E-state index contributed by atoms with van der Waals surface area (Å²) in [7, 11) is 0. The normalized spacial score (nSPS) is 15.6. The summed E-state index contributed by atoms with van der Waals surface area (Å²) in [5.41, 5.74) is 5.08. The number of carbonyl (C=O) groups is 2. The fourth-order valence-electron chi connectivity index (χ4n) is 1.65. The monoisotopic (exact) mass is 283 g/mol. The molecule has 1 aromatic carbocycles. The van der Waals surface area contributed by atoms with Crippen molar-refractivity contribution in [2.75, 3.05) is 5.73 Å². The van der Waals surface area contributed by atoms with Crippen molar-refractivity contribution in [2.24, 2.45) is 0 Å². The van der Waals surface area contributed by atoms with Crippen LogP contribution < -0.4 is 16.4 Å². The Bertz CT molecular complexity index is 559. The summed E-state index contributed by atoms with van der Waals surface area (Å²) in [6.07, 6.45) is 1.87. The van der Waals surface area contributed by atoms with Gasteiger partial charge in [-0.1, -0.05) is 0 Å². The zero-order valence-electron chi connectivity index (χ0n) is 10.9. The van der Waals surface area contributed by atoms with Crippen LogP contribution in [0.1, 0.15) is 30.1 Å². The summed E-state index contributed by atoms with van der Waals surface area (Å²) in [6.45, 7) is 1.51. The van der Waals surface area contributed by atoms with E-state index < -0.39 is 23.6 Å². The molecule has 20 heavy (non-hydrogen) atoms. The second-order valence-electron chi connectivity index (χ2n) is 4.83. The molecule has 1 fully saturated rings.